The number of rotatable bonds is 8. The molecule has 3 N–H and O–H groups in total. The number of fused-ring (bicyclic) bond motifs is 6. The monoisotopic (exact) mass is 824 g/mol. The first-order valence-electron chi connectivity index (χ1n) is 21.3. The van der Waals surface area contributed by atoms with Crippen LogP contribution in [-0.4, -0.2) is 133 Å². The molecule has 3 fully saturated rings. The largest absolute Gasteiger partial charge is 0.496 e. The number of aromatic nitrogens is 1. The Kier molecular flexibility index (Phi) is 9.58. The molecule has 6 aliphatic rings. The van der Waals surface area contributed by atoms with Crippen LogP contribution in [0.15, 0.2) is 48.6 Å². The van der Waals surface area contributed by atoms with Gasteiger partial charge in [-0.1, -0.05) is 44.2 Å². The lowest BCUT2D eigenvalue weighted by Gasteiger charge is -2.63. The molecule has 1 amide bonds. The van der Waals surface area contributed by atoms with E-state index in [0.717, 1.165) is 16.5 Å². The number of hydrogen-bond acceptors (Lipinski definition) is 12. The highest BCUT2D eigenvalue weighted by Crippen LogP contribution is 2.68. The molecule has 320 valence electrons. The van der Waals surface area contributed by atoms with Gasteiger partial charge in [-0.3, -0.25) is 24.2 Å². The molecular weight excluding hydrogens is 769 g/mol. The Labute approximate surface area is 349 Å². The van der Waals surface area contributed by atoms with Crippen molar-refractivity contribution in [3.63, 3.8) is 0 Å². The van der Waals surface area contributed by atoms with Crippen molar-refractivity contribution in [3.8, 4) is 5.75 Å². The van der Waals surface area contributed by atoms with E-state index < -0.39 is 63.5 Å². The smallest absolute Gasteiger partial charge is 0.344 e. The summed E-state index contributed by atoms with van der Waals surface area (Å²) in [6.45, 7) is 8.16. The maximum absolute atomic E-state index is 15.3. The van der Waals surface area contributed by atoms with Crippen molar-refractivity contribution in [2.45, 2.75) is 99.5 Å². The molecule has 1 aromatic heterocycles. The minimum absolute atomic E-state index is 0.155. The van der Waals surface area contributed by atoms with Crippen LogP contribution in [0.3, 0.4) is 0 Å². The first kappa shape index (κ1) is 40.6. The average molecular weight is 825 g/mol. The number of carbonyl (C=O) groups excluding carboxylic acids is 4. The summed E-state index contributed by atoms with van der Waals surface area (Å²) in [5.41, 5.74) is -3.15. The number of esters is 3. The molecule has 14 heteroatoms. The third kappa shape index (κ3) is 5.19. The van der Waals surface area contributed by atoms with Crippen LogP contribution in [0.2, 0.25) is 0 Å². The lowest BCUT2D eigenvalue weighted by molar-refractivity contribution is -0.228. The molecule has 1 saturated carbocycles. The van der Waals surface area contributed by atoms with E-state index in [0.29, 0.717) is 99.5 Å². The zero-order chi connectivity index (χ0) is 42.6. The van der Waals surface area contributed by atoms with Crippen LogP contribution in [0.5, 0.6) is 5.75 Å². The van der Waals surface area contributed by atoms with Gasteiger partial charge in [0.25, 0.3) is 0 Å². The molecule has 6 heterocycles. The van der Waals surface area contributed by atoms with Crippen LogP contribution < -0.4 is 9.64 Å². The van der Waals surface area contributed by atoms with Gasteiger partial charge in [0, 0.05) is 78.2 Å². The van der Waals surface area contributed by atoms with Crippen molar-refractivity contribution in [3.05, 3.63) is 70.9 Å². The molecule has 3 aromatic rings. The van der Waals surface area contributed by atoms with Crippen molar-refractivity contribution in [1.82, 2.24) is 14.8 Å². The second kappa shape index (κ2) is 14.1. The van der Waals surface area contributed by atoms with Gasteiger partial charge in [0.15, 0.2) is 6.10 Å². The fourth-order valence-electron chi connectivity index (χ4n) is 13.4. The van der Waals surface area contributed by atoms with Crippen molar-refractivity contribution in [2.24, 2.45) is 11.3 Å². The molecule has 2 bridgehead atoms. The van der Waals surface area contributed by atoms with Gasteiger partial charge in [0.1, 0.15) is 11.2 Å². The van der Waals surface area contributed by atoms with Crippen LogP contribution in [0.4, 0.5) is 5.69 Å². The topological polar surface area (TPSA) is 171 Å². The van der Waals surface area contributed by atoms with Crippen molar-refractivity contribution < 1.29 is 48.3 Å². The summed E-state index contributed by atoms with van der Waals surface area (Å²) < 4.78 is 23.7. The number of aromatic amines is 1. The van der Waals surface area contributed by atoms with Gasteiger partial charge in [0.05, 0.1) is 38.7 Å². The number of carbonyl (C=O) groups is 4. The summed E-state index contributed by atoms with van der Waals surface area (Å²) >= 11 is 0. The van der Waals surface area contributed by atoms with E-state index in [4.69, 9.17) is 18.9 Å². The van der Waals surface area contributed by atoms with Gasteiger partial charge < -0.3 is 39.0 Å². The fourth-order valence-corrected chi connectivity index (χ4v) is 13.4. The number of amides is 1. The van der Waals surface area contributed by atoms with Crippen LogP contribution in [-0.2, 0) is 50.6 Å². The number of methoxy groups -OCH3 is 3. The number of nitrogens with zero attached hydrogens (tertiary/aromatic N) is 3. The number of nitrogens with one attached hydrogen (secondary N) is 1. The number of aliphatic hydroxyl groups is 2. The Hall–Kier alpha value is -4.76. The molecule has 1 unspecified atom stereocenters. The van der Waals surface area contributed by atoms with E-state index in [9.17, 15) is 24.6 Å². The second-order valence-corrected chi connectivity index (χ2v) is 18.1. The second-order valence-electron chi connectivity index (χ2n) is 18.1. The summed E-state index contributed by atoms with van der Waals surface area (Å²) in [5.74, 6) is -2.06. The van der Waals surface area contributed by atoms with Crippen LogP contribution in [0, 0.1) is 11.3 Å². The number of para-hydroxylation sites is 1. The number of H-pyrrole nitrogens is 1. The Morgan fingerprint density at radius 3 is 2.42 bits per heavy atom. The molecule has 10 atom stereocenters. The van der Waals surface area contributed by atoms with Gasteiger partial charge in [-0.05, 0) is 74.2 Å². The summed E-state index contributed by atoms with van der Waals surface area (Å²) in [5, 5.41) is 26.3. The molecule has 0 radical (unpaired) electrons. The molecule has 14 nitrogen and oxygen atoms in total. The third-order valence-electron chi connectivity index (χ3n) is 15.5. The van der Waals surface area contributed by atoms with Gasteiger partial charge in [-0.2, -0.15) is 0 Å². The molecule has 9 rings (SSSR count). The number of anilines is 1. The van der Waals surface area contributed by atoms with Gasteiger partial charge in [-0.15, -0.1) is 0 Å². The molecule has 1 spiro atoms. The van der Waals surface area contributed by atoms with Crippen molar-refractivity contribution >= 4 is 40.9 Å². The fraction of sp³-hybridized carbons (Fsp3) is 0.565. The van der Waals surface area contributed by atoms with E-state index in [1.54, 1.807) is 6.07 Å². The number of piperidine rings is 1. The number of hydrogen-bond donors (Lipinski definition) is 3. The lowest BCUT2D eigenvalue weighted by Crippen LogP contribution is -2.81. The summed E-state index contributed by atoms with van der Waals surface area (Å²) in [4.78, 5) is 66.1. The average Bonchev–Trinajstić information content (AvgIpc) is 3.92. The van der Waals surface area contributed by atoms with Crippen molar-refractivity contribution in [1.29, 1.82) is 0 Å². The predicted octanol–water partition coefficient (Wildman–Crippen LogP) is 3.52. The minimum atomic E-state index is -2.53. The highest BCUT2D eigenvalue weighted by Gasteiger charge is 2.81. The van der Waals surface area contributed by atoms with Gasteiger partial charge in [0.2, 0.25) is 12.0 Å². The number of benzene rings is 2. The van der Waals surface area contributed by atoms with Crippen LogP contribution in [0.1, 0.15) is 75.3 Å². The maximum Gasteiger partial charge on any atom is 0.344 e. The Morgan fingerprint density at radius 1 is 0.967 bits per heavy atom. The third-order valence-corrected chi connectivity index (χ3v) is 15.5. The maximum atomic E-state index is 15.3. The molecule has 5 aliphatic heterocycles. The SMILES string of the molecule is CC[C@]1(O)C[C@H]2CN(CCc3c([nH]c4ccccc34)[C@](C(=O)OC)(c3cc4c(cc3OC)N(C=O)[C@@H]3[C@](O)(C(=O)OC)[C@H](OC(C)=O)[C@]5(CC)C=CCN6CC[C@@]43[C@@H]65)C2)C1. The highest BCUT2D eigenvalue weighted by atomic mass is 16.6. The van der Waals surface area contributed by atoms with Crippen molar-refractivity contribution in [2.75, 3.05) is 59.0 Å². The zero-order valence-electron chi connectivity index (χ0n) is 35.3. The summed E-state index contributed by atoms with van der Waals surface area (Å²) in [6, 6.07) is 9.97. The molecular formula is C46H56N4O10. The normalized spacial score (nSPS) is 36.5. The highest BCUT2D eigenvalue weighted by molar-refractivity contribution is 5.96. The Morgan fingerprint density at radius 2 is 1.73 bits per heavy atom. The van der Waals surface area contributed by atoms with E-state index >= 15 is 4.79 Å². The molecule has 60 heavy (non-hydrogen) atoms. The quantitative estimate of drug-likeness (QED) is 0.131. The first-order valence-corrected chi connectivity index (χ1v) is 21.3. The van der Waals surface area contributed by atoms with Gasteiger partial charge >= 0.3 is 17.9 Å². The molecule has 2 aromatic carbocycles. The van der Waals surface area contributed by atoms with E-state index in [-0.39, 0.29) is 12.3 Å². The van der Waals surface area contributed by atoms with E-state index in [1.807, 2.05) is 50.3 Å². The molecule has 1 aliphatic carbocycles. The van der Waals surface area contributed by atoms with E-state index in [1.165, 1.54) is 33.2 Å². The number of ether oxygens (including phenoxy) is 4. The lowest BCUT2D eigenvalue weighted by atomic mass is 9.47. The Balaban J connectivity index is 1.38. The van der Waals surface area contributed by atoms with Crippen LogP contribution >= 0.6 is 0 Å². The first-order chi connectivity index (χ1) is 28.8. The molecule has 2 saturated heterocycles. The van der Waals surface area contributed by atoms with Crippen LogP contribution in [0.25, 0.3) is 10.9 Å². The predicted molar refractivity (Wildman–Crippen MR) is 221 cm³/mol. The van der Waals surface area contributed by atoms with Gasteiger partial charge in [-0.25, -0.2) is 4.79 Å². The minimum Gasteiger partial charge on any atom is -0.496 e. The Bertz CT molecular complexity index is 2310. The summed E-state index contributed by atoms with van der Waals surface area (Å²) in [7, 11) is 4.09. The summed E-state index contributed by atoms with van der Waals surface area (Å²) in [6.07, 6.45) is 5.83. The standard InChI is InChI=1S/C46H56N4O10/c1-7-42(55)22-28-23-45(40(53)58-5,36-30(14-18-48(24-28)25-42)29-12-9-10-13-33(29)47-36)32-20-31-34(21-35(32)57-4)50(26-51)38-44(31)16-19-49-17-11-15-43(8-2,37(44)49)39(60-27(3)52)46(38,56)41(54)59-6/h9-13,15,20-21,26,28,37-39,47,55-56H,7-8,14,16-19,22-25H2,1-6H3/t28-,37+,38+,39-,42+,43-,44+,45-,46-/m1/s1. The van der Waals surface area contributed by atoms with E-state index in [2.05, 4.69) is 20.9 Å². The zero-order valence-corrected chi connectivity index (χ0v) is 35.3.